The van der Waals surface area contributed by atoms with Crippen LogP contribution in [0.3, 0.4) is 0 Å². The zero-order valence-electron chi connectivity index (χ0n) is 48.2. The van der Waals surface area contributed by atoms with Crippen LogP contribution >= 0.6 is 0 Å². The maximum Gasteiger partial charge on any atom is 0.308 e. The highest BCUT2D eigenvalue weighted by molar-refractivity contribution is 5.70. The third-order valence-electron chi connectivity index (χ3n) is 23.3. The molecule has 12 bridgehead atoms. The second kappa shape index (κ2) is 20.1. The molecule has 0 aromatic heterocycles. The Balaban J connectivity index is 0.633. The summed E-state index contributed by atoms with van der Waals surface area (Å²) in [7, 11) is 0. The van der Waals surface area contributed by atoms with Gasteiger partial charge in [-0.1, -0.05) is 40.9 Å². The molecular weight excluding hydrogens is 1060 g/mol. The molecule has 17 aliphatic rings. The molecule has 1 unspecified atom stereocenters. The number of hydrogen-bond acceptors (Lipinski definition) is 20. The van der Waals surface area contributed by atoms with Crippen LogP contribution in [-0.2, 0) is 80.6 Å². The molecule has 17 fully saturated rings. The van der Waals surface area contributed by atoms with Crippen LogP contribution in [0.5, 0.6) is 0 Å². The van der Waals surface area contributed by atoms with Gasteiger partial charge < -0.3 is 91.1 Å². The minimum Gasteiger partial charge on any atom is -0.459 e. The number of ether oxygens (including phenoxy) is 16. The van der Waals surface area contributed by atoms with E-state index in [1.54, 1.807) is 0 Å². The quantitative estimate of drug-likeness (QED) is 0.255. The van der Waals surface area contributed by atoms with E-state index in [4.69, 9.17) is 75.8 Å². The van der Waals surface area contributed by atoms with E-state index in [1.807, 2.05) is 6.92 Å². The number of rotatable bonds is 2. The Bertz CT molecular complexity index is 2500. The van der Waals surface area contributed by atoms with E-state index in [9.17, 15) is 20.1 Å². The first-order valence-electron chi connectivity index (χ1n) is 31.8. The fourth-order valence-electron chi connectivity index (χ4n) is 19.3. The van der Waals surface area contributed by atoms with Gasteiger partial charge in [0.15, 0.2) is 17.4 Å². The van der Waals surface area contributed by atoms with Crippen molar-refractivity contribution in [3.63, 3.8) is 0 Å². The molecule has 0 aromatic carbocycles. The average Bonchev–Trinajstić information content (AvgIpc) is 4.37. The Morgan fingerprint density at radius 3 is 2.11 bits per heavy atom. The van der Waals surface area contributed by atoms with E-state index < -0.39 is 90.1 Å². The van der Waals surface area contributed by atoms with Crippen LogP contribution < -0.4 is 0 Å². The van der Waals surface area contributed by atoms with Crippen molar-refractivity contribution < 1.29 is 95.9 Å². The summed E-state index contributed by atoms with van der Waals surface area (Å²) >= 11 is 0. The number of carbonyl (C=O) groups is 1. The maximum atomic E-state index is 14.6. The summed E-state index contributed by atoms with van der Waals surface area (Å²) in [6.45, 7) is 19.8. The van der Waals surface area contributed by atoms with Crippen molar-refractivity contribution in [2.75, 3.05) is 13.2 Å². The summed E-state index contributed by atoms with van der Waals surface area (Å²) in [6, 6.07) is 0. The highest BCUT2D eigenvalue weighted by Gasteiger charge is 2.77. The summed E-state index contributed by atoms with van der Waals surface area (Å²) in [5.74, 6) is -3.59. The molecular formula is C62H88O20. The summed E-state index contributed by atoms with van der Waals surface area (Å²) < 4.78 is 110. The zero-order chi connectivity index (χ0) is 56.1. The summed E-state index contributed by atoms with van der Waals surface area (Å²) in [6.07, 6.45) is -0.562. The molecule has 17 aliphatic heterocycles. The lowest BCUT2D eigenvalue weighted by molar-refractivity contribution is -0.370. The Kier molecular flexibility index (Phi) is 13.6. The van der Waals surface area contributed by atoms with Crippen LogP contribution in [0.2, 0.25) is 0 Å². The Morgan fingerprint density at radius 2 is 1.27 bits per heavy atom. The molecule has 17 rings (SSSR count). The summed E-state index contributed by atoms with van der Waals surface area (Å²) in [5.41, 5.74) is 1.04. The first kappa shape index (κ1) is 55.5. The molecule has 17 heterocycles. The van der Waals surface area contributed by atoms with Crippen molar-refractivity contribution in [3.05, 3.63) is 24.3 Å². The molecule has 20 nitrogen and oxygen atoms in total. The van der Waals surface area contributed by atoms with Crippen LogP contribution in [-0.4, -0.2) is 210 Å². The molecule has 3 N–H and O–H groups in total. The molecule has 0 amide bonds. The van der Waals surface area contributed by atoms with Gasteiger partial charge in [0.05, 0.1) is 130 Å². The van der Waals surface area contributed by atoms with Crippen LogP contribution in [0.15, 0.2) is 24.3 Å². The van der Waals surface area contributed by atoms with Crippen LogP contribution in [0.4, 0.5) is 0 Å². The minimum absolute atomic E-state index is 0.0178. The number of carbonyl (C=O) groups excluding carboxylic acids is 1. The molecule has 0 saturated carbocycles. The smallest absolute Gasteiger partial charge is 0.308 e. The van der Waals surface area contributed by atoms with E-state index in [0.29, 0.717) is 83.7 Å². The molecule has 0 aliphatic carbocycles. The second-order valence-electron chi connectivity index (χ2n) is 28.8. The van der Waals surface area contributed by atoms with Crippen molar-refractivity contribution in [2.24, 2.45) is 29.6 Å². The molecule has 82 heavy (non-hydrogen) atoms. The van der Waals surface area contributed by atoms with Crippen molar-refractivity contribution in [3.8, 4) is 0 Å². The van der Waals surface area contributed by atoms with E-state index in [0.717, 1.165) is 30.4 Å². The van der Waals surface area contributed by atoms with Gasteiger partial charge >= 0.3 is 5.97 Å². The number of hydrogen-bond donors (Lipinski definition) is 3. The molecule has 0 radical (unpaired) electrons. The Morgan fingerprint density at radius 1 is 0.561 bits per heavy atom. The topological polar surface area (TPSA) is 225 Å². The second-order valence-corrected chi connectivity index (χ2v) is 28.8. The third-order valence-corrected chi connectivity index (χ3v) is 23.3. The SMILES string of the molecule is C=C1C[C@@H]2CC[C@]34OC5[C@@H]6O[C@H]7CC[C@H](CC(=O)O[C@@H]8[C@@H](C)[C@@H]9O[C@@H]%10C[C@@]%11(C[C@@H]%12O[C@]%13(C[C@H](C)[C@@H]%14O[C@@H]%15[C@@H]([C@@H](O)CO)CO[C@@H]%15C[C@@H]%14O%13)C[C@H](C)[C@@H]%12O%11)O[C@@H]%10C[C@@H]9O[C@H]8C[C@H]8O[C@@H](CC[C@@H]1O2)C[C@@H](C)C8=C)O[C@@H]7[C@H](O3)[C@@H]6O[C@@]5(C)[C@H]4O. The highest BCUT2D eigenvalue weighted by atomic mass is 16.8. The van der Waals surface area contributed by atoms with Gasteiger partial charge in [0.1, 0.15) is 48.3 Å². The van der Waals surface area contributed by atoms with Crippen molar-refractivity contribution in [2.45, 2.75) is 313 Å². The number of aliphatic hydroxyl groups is 3. The predicted octanol–water partition coefficient (Wildman–Crippen LogP) is 4.55. The summed E-state index contributed by atoms with van der Waals surface area (Å²) in [5, 5.41) is 32.4. The lowest BCUT2D eigenvalue weighted by atomic mass is 9.77. The molecule has 456 valence electrons. The lowest BCUT2D eigenvalue weighted by Crippen LogP contribution is -2.63. The molecule has 17 saturated heterocycles. The number of esters is 1. The van der Waals surface area contributed by atoms with Gasteiger partial charge in [0.2, 0.25) is 0 Å². The first-order valence-corrected chi connectivity index (χ1v) is 31.8. The number of aliphatic hydroxyl groups excluding tert-OH is 3. The largest absolute Gasteiger partial charge is 0.459 e. The van der Waals surface area contributed by atoms with Crippen molar-refractivity contribution in [1.29, 1.82) is 0 Å². The van der Waals surface area contributed by atoms with Crippen molar-refractivity contribution in [1.82, 2.24) is 0 Å². The fraction of sp³-hybridized carbons (Fsp3) is 0.919. The fourth-order valence-corrected chi connectivity index (χ4v) is 19.3. The van der Waals surface area contributed by atoms with Gasteiger partial charge in [0, 0.05) is 63.2 Å². The van der Waals surface area contributed by atoms with E-state index in [2.05, 4.69) is 40.9 Å². The minimum atomic E-state index is -1.35. The average molecular weight is 1150 g/mol. The van der Waals surface area contributed by atoms with E-state index in [-0.39, 0.29) is 134 Å². The van der Waals surface area contributed by atoms with E-state index in [1.165, 1.54) is 0 Å². The molecule has 20 heteroatoms. The molecule has 34 atom stereocenters. The molecule has 0 aromatic rings. The van der Waals surface area contributed by atoms with Crippen molar-refractivity contribution >= 4 is 5.97 Å². The van der Waals surface area contributed by atoms with Gasteiger partial charge in [-0.25, -0.2) is 0 Å². The first-order chi connectivity index (χ1) is 39.4. The Hall–Kier alpha value is -1.77. The highest BCUT2D eigenvalue weighted by Crippen LogP contribution is 2.60. The lowest BCUT2D eigenvalue weighted by Gasteiger charge is -2.54. The summed E-state index contributed by atoms with van der Waals surface area (Å²) in [4.78, 5) is 14.6. The van der Waals surface area contributed by atoms with Gasteiger partial charge in [-0.2, -0.15) is 0 Å². The Labute approximate surface area is 480 Å². The van der Waals surface area contributed by atoms with E-state index >= 15 is 0 Å². The number of fused-ring (bicyclic) bond motifs is 11. The third kappa shape index (κ3) is 8.80. The molecule has 3 spiro atoms. The zero-order valence-corrected chi connectivity index (χ0v) is 48.2. The maximum absolute atomic E-state index is 14.6. The predicted molar refractivity (Wildman–Crippen MR) is 282 cm³/mol. The van der Waals surface area contributed by atoms with Gasteiger partial charge in [0.25, 0.3) is 0 Å². The van der Waals surface area contributed by atoms with Crippen LogP contribution in [0.1, 0.15) is 137 Å². The standard InChI is InChI=1S/C62H88O20/c1-26-14-32-8-10-37-27(2)15-34(68-37)12-13-62-58(66)59(7)57(82-62)56-55(79-59)54(81-62)53-38(72-56)11-9-33(70-53)16-47(65)74-51-31(6)50-43(71-42(51)17-39(69-32)30(26)5)18-40-45(73-50)22-61(76-40)23-46-49(80-61)29(4)21-60(78-46)20-28(3)48-44(77-60)19-41-52(75-48)35(25-67-41)36(64)24-63/h26,28-29,31-46,48-58,63-64,66H,2,5,8-25H2,1,3-4,6-7H3/t26-,28+,29+,31+,32+,33-,34+,35-,36+,37+,38+,39-,40-,41-,42+,43+,44+,45-,46+,48+,49+,50+,51-,52-,53+,54+,55+,56-,57?,58-,59-,60-,61-,62-/m1/s1. The van der Waals surface area contributed by atoms with Gasteiger partial charge in [-0.15, -0.1) is 0 Å². The van der Waals surface area contributed by atoms with Crippen LogP contribution in [0, 0.1) is 29.6 Å². The van der Waals surface area contributed by atoms with Gasteiger partial charge in [-0.3, -0.25) is 4.79 Å². The normalized spacial score (nSPS) is 59.6. The van der Waals surface area contributed by atoms with Gasteiger partial charge in [-0.05, 0) is 80.8 Å². The van der Waals surface area contributed by atoms with Crippen LogP contribution in [0.25, 0.3) is 0 Å². The monoisotopic (exact) mass is 1150 g/mol.